The summed E-state index contributed by atoms with van der Waals surface area (Å²) >= 11 is 0. The maximum Gasteiger partial charge on any atom is 0.471 e. The van der Waals surface area contributed by atoms with E-state index in [0.717, 1.165) is 23.7 Å². The van der Waals surface area contributed by atoms with Crippen molar-refractivity contribution in [2.45, 2.75) is 57.0 Å². The van der Waals surface area contributed by atoms with Crippen LogP contribution in [0.4, 0.5) is 13.2 Å². The van der Waals surface area contributed by atoms with Crippen LogP contribution in [-0.2, 0) is 4.79 Å². The fourth-order valence-electron chi connectivity index (χ4n) is 4.16. The summed E-state index contributed by atoms with van der Waals surface area (Å²) < 4.78 is 46.4. The van der Waals surface area contributed by atoms with Crippen molar-refractivity contribution < 1.29 is 22.7 Å². The number of aromatic nitrogens is 2. The Morgan fingerprint density at radius 3 is 2.55 bits per heavy atom. The first-order valence-electron chi connectivity index (χ1n) is 10.4. The van der Waals surface area contributed by atoms with Gasteiger partial charge in [-0.05, 0) is 43.5 Å². The van der Waals surface area contributed by atoms with Gasteiger partial charge in [0.1, 0.15) is 11.9 Å². The fourth-order valence-corrected chi connectivity index (χ4v) is 4.16. The van der Waals surface area contributed by atoms with Gasteiger partial charge in [0.2, 0.25) is 0 Å². The van der Waals surface area contributed by atoms with E-state index in [1.54, 1.807) is 36.5 Å². The van der Waals surface area contributed by atoms with Crippen molar-refractivity contribution in [3.63, 3.8) is 0 Å². The van der Waals surface area contributed by atoms with Gasteiger partial charge < -0.3 is 10.1 Å². The number of ether oxygens (including phenoxy) is 1. The molecule has 164 valence electrons. The SMILES string of the molecule is C[C@H](NC(=O)C(F)(F)F)[C@H](Oc1ccc2c(cnn2C2CCCC2)c1)c1ccccc1. The van der Waals surface area contributed by atoms with Gasteiger partial charge in [-0.1, -0.05) is 43.2 Å². The Hall–Kier alpha value is -3.03. The van der Waals surface area contributed by atoms with Crippen LogP contribution in [0.5, 0.6) is 5.75 Å². The van der Waals surface area contributed by atoms with Gasteiger partial charge in [-0.15, -0.1) is 0 Å². The lowest BCUT2D eigenvalue weighted by Crippen LogP contribution is -2.45. The molecule has 4 rings (SSSR count). The average Bonchev–Trinajstić information content (AvgIpc) is 3.41. The van der Waals surface area contributed by atoms with Gasteiger partial charge in [-0.25, -0.2) is 0 Å². The first-order chi connectivity index (χ1) is 14.8. The maximum absolute atomic E-state index is 12.7. The molecular formula is C23H24F3N3O2. The van der Waals surface area contributed by atoms with Crippen molar-refractivity contribution in [2.75, 3.05) is 0 Å². The van der Waals surface area contributed by atoms with Crippen LogP contribution >= 0.6 is 0 Å². The molecule has 1 N–H and O–H groups in total. The van der Waals surface area contributed by atoms with Gasteiger partial charge in [0, 0.05) is 5.39 Å². The Morgan fingerprint density at radius 1 is 1.16 bits per heavy atom. The van der Waals surface area contributed by atoms with Gasteiger partial charge >= 0.3 is 12.1 Å². The number of nitrogens with zero attached hydrogens (tertiary/aromatic N) is 2. The first kappa shape index (κ1) is 21.2. The van der Waals surface area contributed by atoms with Crippen LogP contribution in [0, 0.1) is 0 Å². The highest BCUT2D eigenvalue weighted by atomic mass is 19.4. The van der Waals surface area contributed by atoms with Crippen molar-refractivity contribution in [2.24, 2.45) is 0 Å². The van der Waals surface area contributed by atoms with Gasteiger partial charge in [-0.2, -0.15) is 18.3 Å². The number of fused-ring (bicyclic) bond motifs is 1. The second kappa shape index (κ2) is 8.61. The zero-order valence-electron chi connectivity index (χ0n) is 17.1. The molecule has 1 amide bonds. The molecule has 31 heavy (non-hydrogen) atoms. The number of rotatable bonds is 6. The lowest BCUT2D eigenvalue weighted by molar-refractivity contribution is -0.174. The minimum atomic E-state index is -4.96. The standard InChI is InChI=1S/C23H24F3N3O2/c1-15(28-22(30)23(24,25)26)21(16-7-3-2-4-8-16)31-19-11-12-20-17(13-19)14-27-29(20)18-9-5-6-10-18/h2-4,7-8,11-15,18,21H,5-6,9-10H2,1H3,(H,28,30)/t15-,21-/m0/s1. The Labute approximate surface area is 178 Å². The van der Waals surface area contributed by atoms with Crippen molar-refractivity contribution in [1.82, 2.24) is 15.1 Å². The largest absolute Gasteiger partial charge is 0.484 e. The number of nitrogens with one attached hydrogen (secondary N) is 1. The molecule has 0 aliphatic heterocycles. The van der Waals surface area contributed by atoms with Crippen molar-refractivity contribution in [3.05, 3.63) is 60.3 Å². The molecule has 1 aromatic heterocycles. The van der Waals surface area contributed by atoms with Crippen LogP contribution in [-0.4, -0.2) is 27.9 Å². The summed E-state index contributed by atoms with van der Waals surface area (Å²) in [5.74, 6) is -1.49. The Balaban J connectivity index is 1.59. The smallest absolute Gasteiger partial charge is 0.471 e. The highest BCUT2D eigenvalue weighted by Gasteiger charge is 2.40. The van der Waals surface area contributed by atoms with Crippen LogP contribution in [0.15, 0.2) is 54.7 Å². The van der Waals surface area contributed by atoms with Crippen LogP contribution in [0.25, 0.3) is 10.9 Å². The van der Waals surface area contributed by atoms with E-state index in [4.69, 9.17) is 4.74 Å². The third-order valence-electron chi connectivity index (χ3n) is 5.70. The Kier molecular flexibility index (Phi) is 5.89. The van der Waals surface area contributed by atoms with E-state index in [1.807, 2.05) is 28.2 Å². The normalized spacial score (nSPS) is 16.9. The molecular weight excluding hydrogens is 407 g/mol. The summed E-state index contributed by atoms with van der Waals surface area (Å²) in [6.07, 6.45) is 0.662. The predicted molar refractivity (Wildman–Crippen MR) is 111 cm³/mol. The Bertz CT molecular complexity index is 1040. The quantitative estimate of drug-likeness (QED) is 0.573. The molecule has 0 spiro atoms. The minimum Gasteiger partial charge on any atom is -0.484 e. The predicted octanol–water partition coefficient (Wildman–Crippen LogP) is 5.34. The second-order valence-corrected chi connectivity index (χ2v) is 7.96. The van der Waals surface area contributed by atoms with E-state index < -0.39 is 24.2 Å². The van der Waals surface area contributed by atoms with E-state index in [0.29, 0.717) is 17.4 Å². The lowest BCUT2D eigenvalue weighted by atomic mass is 10.0. The third-order valence-corrected chi connectivity index (χ3v) is 5.70. The van der Waals surface area contributed by atoms with Gasteiger partial charge in [0.25, 0.3) is 0 Å². The molecule has 0 unspecified atom stereocenters. The number of carbonyl (C=O) groups excluding carboxylic acids is 1. The van der Waals surface area contributed by atoms with Gasteiger partial charge in [0.05, 0.1) is 23.8 Å². The summed E-state index contributed by atoms with van der Waals surface area (Å²) in [5.41, 5.74) is 1.67. The van der Waals surface area contributed by atoms with E-state index in [2.05, 4.69) is 5.10 Å². The minimum absolute atomic E-state index is 0.402. The number of carbonyl (C=O) groups is 1. The van der Waals surface area contributed by atoms with E-state index in [1.165, 1.54) is 19.8 Å². The summed E-state index contributed by atoms with van der Waals surface area (Å²) in [6.45, 7) is 1.50. The average molecular weight is 431 g/mol. The molecule has 1 saturated carbocycles. The molecule has 1 aliphatic rings. The summed E-state index contributed by atoms with van der Waals surface area (Å²) in [6, 6.07) is 13.9. The topological polar surface area (TPSA) is 56.1 Å². The van der Waals surface area contributed by atoms with Crippen molar-refractivity contribution in [3.8, 4) is 5.75 Å². The molecule has 1 fully saturated rings. The second-order valence-electron chi connectivity index (χ2n) is 7.96. The van der Waals surface area contributed by atoms with Crippen LogP contribution in [0.3, 0.4) is 0 Å². The van der Waals surface area contributed by atoms with Gasteiger partial charge in [0.15, 0.2) is 0 Å². The summed E-state index contributed by atoms with van der Waals surface area (Å²) in [5, 5.41) is 7.45. The fraction of sp³-hybridized carbons (Fsp3) is 0.391. The maximum atomic E-state index is 12.7. The molecule has 3 aromatic rings. The summed E-state index contributed by atoms with van der Waals surface area (Å²) in [7, 11) is 0. The van der Waals surface area contributed by atoms with Crippen molar-refractivity contribution in [1.29, 1.82) is 0 Å². The molecule has 2 aromatic carbocycles. The van der Waals surface area contributed by atoms with E-state index in [9.17, 15) is 18.0 Å². The van der Waals surface area contributed by atoms with Crippen molar-refractivity contribution >= 4 is 16.8 Å². The zero-order valence-corrected chi connectivity index (χ0v) is 17.1. The van der Waals surface area contributed by atoms with Crippen LogP contribution in [0.1, 0.15) is 50.3 Å². The molecule has 2 atom stereocenters. The number of hydrogen-bond acceptors (Lipinski definition) is 3. The molecule has 0 saturated heterocycles. The zero-order chi connectivity index (χ0) is 22.0. The van der Waals surface area contributed by atoms with E-state index >= 15 is 0 Å². The lowest BCUT2D eigenvalue weighted by Gasteiger charge is -2.27. The number of amides is 1. The first-order valence-corrected chi connectivity index (χ1v) is 10.4. The van der Waals surface area contributed by atoms with Gasteiger partial charge in [-0.3, -0.25) is 9.48 Å². The highest BCUT2D eigenvalue weighted by molar-refractivity contribution is 5.82. The highest BCUT2D eigenvalue weighted by Crippen LogP contribution is 2.33. The van der Waals surface area contributed by atoms with Crippen LogP contribution < -0.4 is 10.1 Å². The van der Waals surface area contributed by atoms with Crippen LogP contribution in [0.2, 0.25) is 0 Å². The molecule has 5 nitrogen and oxygen atoms in total. The molecule has 1 aliphatic carbocycles. The number of benzene rings is 2. The molecule has 0 radical (unpaired) electrons. The monoisotopic (exact) mass is 431 g/mol. The molecule has 0 bridgehead atoms. The van der Waals surface area contributed by atoms with E-state index in [-0.39, 0.29) is 0 Å². The Morgan fingerprint density at radius 2 is 1.87 bits per heavy atom. The summed E-state index contributed by atoms with van der Waals surface area (Å²) in [4.78, 5) is 11.5. The number of hydrogen-bond donors (Lipinski definition) is 1. The number of halogens is 3. The third kappa shape index (κ3) is 4.68. The molecule has 8 heteroatoms. The number of alkyl halides is 3. The molecule has 1 heterocycles.